The van der Waals surface area contributed by atoms with E-state index in [9.17, 15) is 0 Å². The van der Waals surface area contributed by atoms with Crippen LogP contribution in [0.2, 0.25) is 18.6 Å². The van der Waals surface area contributed by atoms with Crippen molar-refractivity contribution in [2.24, 2.45) is 0 Å². The van der Waals surface area contributed by atoms with Crippen molar-refractivity contribution in [2.75, 3.05) is 6.61 Å². The lowest BCUT2D eigenvalue weighted by molar-refractivity contribution is 0.284. The minimum Gasteiger partial charge on any atom is -0.396 e. The van der Waals surface area contributed by atoms with E-state index in [4.69, 9.17) is 5.11 Å². The van der Waals surface area contributed by atoms with Gasteiger partial charge in [-0.15, -0.1) is 6.58 Å². The molecule has 1 unspecified atom stereocenters. The van der Waals surface area contributed by atoms with Crippen LogP contribution in [0.5, 0.6) is 0 Å². The first-order valence-corrected chi connectivity index (χ1v) is 6.91. The van der Waals surface area contributed by atoms with Gasteiger partial charge in [0.25, 0.3) is 0 Å². The molecule has 0 radical (unpaired) electrons. The number of allylic oxidation sites excluding steroid dienone is 1. The third-order valence-corrected chi connectivity index (χ3v) is 4.40. The number of rotatable bonds is 5. The molecule has 0 aromatic heterocycles. The highest BCUT2D eigenvalue weighted by Gasteiger charge is 2.10. The molecule has 0 bridgehead atoms. The molecule has 0 saturated heterocycles. The third-order valence-electron chi connectivity index (χ3n) is 1.91. The van der Waals surface area contributed by atoms with Gasteiger partial charge < -0.3 is 5.11 Å². The SMILES string of the molecule is C=CCC(CCO)[SiH](C)C. The van der Waals surface area contributed by atoms with Crippen LogP contribution < -0.4 is 0 Å². The fraction of sp³-hybridized carbons (Fsp3) is 0.750. The summed E-state index contributed by atoms with van der Waals surface area (Å²) in [5.41, 5.74) is 0.752. The molecule has 10 heavy (non-hydrogen) atoms. The minimum absolute atomic E-state index is 0.337. The van der Waals surface area contributed by atoms with Crippen LogP contribution in [0.1, 0.15) is 12.8 Å². The summed E-state index contributed by atoms with van der Waals surface area (Å²) in [5, 5.41) is 8.70. The molecule has 0 aromatic rings. The summed E-state index contributed by atoms with van der Waals surface area (Å²) in [5.74, 6) is 0. The molecular weight excluding hydrogens is 140 g/mol. The van der Waals surface area contributed by atoms with Gasteiger partial charge in [-0.05, 0) is 18.4 Å². The van der Waals surface area contributed by atoms with Crippen LogP contribution in [-0.2, 0) is 0 Å². The predicted molar refractivity (Wildman–Crippen MR) is 49.1 cm³/mol. The van der Waals surface area contributed by atoms with E-state index in [0.29, 0.717) is 6.61 Å². The average Bonchev–Trinajstić information content (AvgIpc) is 1.87. The minimum atomic E-state index is -0.552. The van der Waals surface area contributed by atoms with Crippen LogP contribution >= 0.6 is 0 Å². The van der Waals surface area contributed by atoms with E-state index in [1.54, 1.807) is 0 Å². The lowest BCUT2D eigenvalue weighted by Crippen LogP contribution is -2.12. The van der Waals surface area contributed by atoms with Gasteiger partial charge in [0.05, 0.1) is 0 Å². The molecule has 2 heteroatoms. The maximum absolute atomic E-state index is 8.70. The van der Waals surface area contributed by atoms with Crippen molar-refractivity contribution in [2.45, 2.75) is 31.5 Å². The van der Waals surface area contributed by atoms with Gasteiger partial charge in [0, 0.05) is 15.4 Å². The van der Waals surface area contributed by atoms with Crippen LogP contribution in [0.4, 0.5) is 0 Å². The molecule has 0 amide bonds. The molecule has 0 fully saturated rings. The van der Waals surface area contributed by atoms with Crippen molar-refractivity contribution < 1.29 is 5.11 Å². The molecule has 0 rings (SSSR count). The maximum atomic E-state index is 8.70. The fourth-order valence-corrected chi connectivity index (χ4v) is 2.66. The monoisotopic (exact) mass is 158 g/mol. The van der Waals surface area contributed by atoms with E-state index in [2.05, 4.69) is 19.7 Å². The predicted octanol–water partition coefficient (Wildman–Crippen LogP) is 1.80. The van der Waals surface area contributed by atoms with Crippen molar-refractivity contribution >= 4 is 8.80 Å². The molecule has 0 spiro atoms. The molecule has 0 aromatic carbocycles. The average molecular weight is 158 g/mol. The summed E-state index contributed by atoms with van der Waals surface area (Å²) in [6.45, 7) is 8.69. The summed E-state index contributed by atoms with van der Waals surface area (Å²) in [6.07, 6.45) is 4.02. The zero-order chi connectivity index (χ0) is 7.98. The Kier molecular flexibility index (Phi) is 5.64. The lowest BCUT2D eigenvalue weighted by atomic mass is 10.2. The smallest absolute Gasteiger partial charge is 0.0430 e. The van der Waals surface area contributed by atoms with E-state index in [-0.39, 0.29) is 0 Å². The second-order valence-electron chi connectivity index (χ2n) is 3.04. The normalized spacial score (nSPS) is 13.6. The van der Waals surface area contributed by atoms with Crippen LogP contribution in [0, 0.1) is 0 Å². The quantitative estimate of drug-likeness (QED) is 0.478. The Morgan fingerprint density at radius 3 is 2.50 bits per heavy atom. The van der Waals surface area contributed by atoms with E-state index in [0.717, 1.165) is 18.4 Å². The largest absolute Gasteiger partial charge is 0.396 e. The Balaban J connectivity index is 3.60. The van der Waals surface area contributed by atoms with Gasteiger partial charge >= 0.3 is 0 Å². The van der Waals surface area contributed by atoms with Gasteiger partial charge in [0.1, 0.15) is 0 Å². The first-order chi connectivity index (χ1) is 4.72. The van der Waals surface area contributed by atoms with E-state index < -0.39 is 8.80 Å². The van der Waals surface area contributed by atoms with Gasteiger partial charge in [-0.2, -0.15) is 0 Å². The molecule has 0 aliphatic rings. The first-order valence-electron chi connectivity index (χ1n) is 3.94. The second kappa shape index (κ2) is 5.68. The van der Waals surface area contributed by atoms with Gasteiger partial charge in [-0.1, -0.05) is 19.2 Å². The van der Waals surface area contributed by atoms with Crippen LogP contribution in [0.15, 0.2) is 12.7 Å². The highest BCUT2D eigenvalue weighted by atomic mass is 28.3. The molecule has 1 nitrogen and oxygen atoms in total. The van der Waals surface area contributed by atoms with E-state index >= 15 is 0 Å². The van der Waals surface area contributed by atoms with Gasteiger partial charge in [0.15, 0.2) is 0 Å². The number of aliphatic hydroxyl groups is 1. The van der Waals surface area contributed by atoms with Crippen LogP contribution in [-0.4, -0.2) is 20.5 Å². The molecule has 0 aliphatic carbocycles. The van der Waals surface area contributed by atoms with Crippen molar-refractivity contribution in [1.29, 1.82) is 0 Å². The molecule has 0 heterocycles. The summed E-state index contributed by atoms with van der Waals surface area (Å²) in [6, 6.07) is 0. The lowest BCUT2D eigenvalue weighted by Gasteiger charge is -2.15. The second-order valence-corrected chi connectivity index (χ2v) is 6.47. The van der Waals surface area contributed by atoms with Crippen molar-refractivity contribution in [3.05, 3.63) is 12.7 Å². The van der Waals surface area contributed by atoms with Crippen LogP contribution in [0.3, 0.4) is 0 Å². The molecule has 0 saturated carbocycles. The third kappa shape index (κ3) is 3.85. The number of hydrogen-bond acceptors (Lipinski definition) is 1. The molecule has 0 aliphatic heterocycles. The molecule has 1 N–H and O–H groups in total. The summed E-state index contributed by atoms with van der Waals surface area (Å²) in [7, 11) is -0.552. The fourth-order valence-electron chi connectivity index (χ4n) is 1.10. The maximum Gasteiger partial charge on any atom is 0.0430 e. The number of hydrogen-bond donors (Lipinski definition) is 1. The van der Waals surface area contributed by atoms with Gasteiger partial charge in [-0.25, -0.2) is 0 Å². The summed E-state index contributed by atoms with van der Waals surface area (Å²) < 4.78 is 0. The highest BCUT2D eigenvalue weighted by Crippen LogP contribution is 2.19. The first kappa shape index (κ1) is 9.92. The van der Waals surface area contributed by atoms with E-state index in [1.165, 1.54) is 0 Å². The Hall–Kier alpha value is -0.0831. The Bertz CT molecular complexity index is 91.3. The summed E-state index contributed by atoms with van der Waals surface area (Å²) >= 11 is 0. The topological polar surface area (TPSA) is 20.2 Å². The van der Waals surface area contributed by atoms with Crippen molar-refractivity contribution in [1.82, 2.24) is 0 Å². The molecule has 60 valence electrons. The zero-order valence-electron chi connectivity index (χ0n) is 7.01. The molecular formula is C8H18OSi. The highest BCUT2D eigenvalue weighted by molar-refractivity contribution is 6.57. The Labute approximate surface area is 65.4 Å². The Morgan fingerprint density at radius 2 is 2.20 bits per heavy atom. The van der Waals surface area contributed by atoms with Crippen molar-refractivity contribution in [3.8, 4) is 0 Å². The van der Waals surface area contributed by atoms with Crippen LogP contribution in [0.25, 0.3) is 0 Å². The van der Waals surface area contributed by atoms with Gasteiger partial charge in [-0.3, -0.25) is 0 Å². The Morgan fingerprint density at radius 1 is 1.60 bits per heavy atom. The van der Waals surface area contributed by atoms with E-state index in [1.807, 2.05) is 6.08 Å². The van der Waals surface area contributed by atoms with Gasteiger partial charge in [0.2, 0.25) is 0 Å². The number of aliphatic hydroxyl groups excluding tert-OH is 1. The van der Waals surface area contributed by atoms with Crippen molar-refractivity contribution in [3.63, 3.8) is 0 Å². The zero-order valence-corrected chi connectivity index (χ0v) is 8.16. The standard InChI is InChI=1S/C8H18OSi/c1-4-5-8(6-7-9)10(2)3/h4,8-10H,1,5-7H2,2-3H3. The summed E-state index contributed by atoms with van der Waals surface area (Å²) in [4.78, 5) is 0. The molecule has 1 atom stereocenters.